The molecule has 3 N–H and O–H groups in total. The molecule has 4 rings (SSSR count). The SMILES string of the molecule is CCCC[C@@H](C(O)C(=O)N[C@H](C)c1ccccc1)N(CC1(COc2ncnc3ccsc23)CCC1)C(=O)O. The van der Waals surface area contributed by atoms with Crippen LogP contribution in [0.2, 0.25) is 0 Å². The van der Waals surface area contributed by atoms with E-state index in [9.17, 15) is 19.8 Å². The minimum Gasteiger partial charge on any atom is -0.476 e. The second-order valence-corrected chi connectivity index (χ2v) is 11.1. The minimum absolute atomic E-state index is 0.175. The zero-order valence-corrected chi connectivity index (χ0v) is 22.7. The van der Waals surface area contributed by atoms with Crippen molar-refractivity contribution in [3.8, 4) is 5.88 Å². The van der Waals surface area contributed by atoms with Gasteiger partial charge in [0.2, 0.25) is 5.88 Å². The summed E-state index contributed by atoms with van der Waals surface area (Å²) in [6, 6.07) is 10.2. The number of carboxylic acid groups (broad SMARTS) is 1. The average Bonchev–Trinajstić information content (AvgIpc) is 3.39. The van der Waals surface area contributed by atoms with Crippen molar-refractivity contribution in [3.63, 3.8) is 0 Å². The van der Waals surface area contributed by atoms with Gasteiger partial charge in [0.15, 0.2) is 6.10 Å². The van der Waals surface area contributed by atoms with E-state index in [1.807, 2.05) is 55.6 Å². The first-order valence-corrected chi connectivity index (χ1v) is 14.1. The van der Waals surface area contributed by atoms with Gasteiger partial charge in [-0.25, -0.2) is 14.8 Å². The minimum atomic E-state index is -1.49. The van der Waals surface area contributed by atoms with Crippen LogP contribution in [0.1, 0.15) is 64.0 Å². The molecule has 1 aliphatic carbocycles. The molecule has 3 atom stereocenters. The molecule has 1 aliphatic rings. The van der Waals surface area contributed by atoms with Gasteiger partial charge in [0.1, 0.15) is 11.0 Å². The molecule has 0 aliphatic heterocycles. The molecule has 1 fully saturated rings. The van der Waals surface area contributed by atoms with Gasteiger partial charge in [0, 0.05) is 12.0 Å². The number of rotatable bonds is 13. The van der Waals surface area contributed by atoms with Crippen LogP contribution in [0.3, 0.4) is 0 Å². The number of hydrogen-bond acceptors (Lipinski definition) is 7. The summed E-state index contributed by atoms with van der Waals surface area (Å²) in [5.41, 5.74) is 1.31. The smallest absolute Gasteiger partial charge is 0.407 e. The standard InChI is InChI=1S/C28H36N4O5S/c1-3-4-11-22(23(33)25(34)31-19(2)20-9-6-5-7-10-20)32(27(35)36)16-28(13-8-14-28)17-37-26-24-21(12-15-38-24)29-18-30-26/h5-7,9-10,12,15,18-19,22-23,33H,3-4,8,11,13-14,16-17H2,1-2H3,(H,31,34)(H,35,36)/t19-,22+,23?/m1/s1. The molecule has 0 radical (unpaired) electrons. The van der Waals surface area contributed by atoms with Crippen LogP contribution in [0.25, 0.3) is 10.2 Å². The Hall–Kier alpha value is -3.24. The summed E-state index contributed by atoms with van der Waals surface area (Å²) in [5.74, 6) is -0.0799. The van der Waals surface area contributed by atoms with E-state index in [-0.39, 0.29) is 12.6 Å². The Morgan fingerprint density at radius 3 is 2.63 bits per heavy atom. The number of aliphatic hydroxyl groups is 1. The molecule has 1 saturated carbocycles. The Bertz CT molecular complexity index is 1220. The number of unbranched alkanes of at least 4 members (excludes halogenated alkanes) is 1. The van der Waals surface area contributed by atoms with Crippen LogP contribution in [0, 0.1) is 5.41 Å². The third-order valence-corrected chi connectivity index (χ3v) is 8.33. The van der Waals surface area contributed by atoms with E-state index in [0.29, 0.717) is 25.3 Å². The fourth-order valence-electron chi connectivity index (χ4n) is 5.00. The van der Waals surface area contributed by atoms with E-state index < -0.39 is 29.6 Å². The molecule has 2 heterocycles. The fraction of sp³-hybridized carbons (Fsp3) is 0.500. The Balaban J connectivity index is 1.48. The van der Waals surface area contributed by atoms with Crippen molar-refractivity contribution in [3.05, 3.63) is 53.7 Å². The number of benzene rings is 1. The first kappa shape index (κ1) is 27.8. The van der Waals surface area contributed by atoms with Crippen LogP contribution in [0.5, 0.6) is 5.88 Å². The molecule has 9 nitrogen and oxygen atoms in total. The van der Waals surface area contributed by atoms with E-state index in [1.54, 1.807) is 0 Å². The summed E-state index contributed by atoms with van der Waals surface area (Å²) in [6.07, 6.45) is 3.27. The maximum Gasteiger partial charge on any atom is 0.407 e. The van der Waals surface area contributed by atoms with Gasteiger partial charge in [-0.15, -0.1) is 11.3 Å². The van der Waals surface area contributed by atoms with Crippen molar-refractivity contribution in [2.45, 2.75) is 70.6 Å². The van der Waals surface area contributed by atoms with E-state index in [1.165, 1.54) is 22.6 Å². The summed E-state index contributed by atoms with van der Waals surface area (Å²) < 4.78 is 6.99. The van der Waals surface area contributed by atoms with Crippen molar-refractivity contribution in [1.82, 2.24) is 20.2 Å². The molecule has 2 amide bonds. The Morgan fingerprint density at radius 1 is 1.21 bits per heavy atom. The Labute approximate surface area is 226 Å². The lowest BCUT2D eigenvalue weighted by Gasteiger charge is -2.46. The molecule has 38 heavy (non-hydrogen) atoms. The number of fused-ring (bicyclic) bond motifs is 1. The number of nitrogens with zero attached hydrogens (tertiary/aromatic N) is 3. The molecular formula is C28H36N4O5S. The van der Waals surface area contributed by atoms with Gasteiger partial charge in [0.25, 0.3) is 5.91 Å². The highest BCUT2D eigenvalue weighted by molar-refractivity contribution is 7.17. The molecule has 10 heteroatoms. The van der Waals surface area contributed by atoms with Crippen molar-refractivity contribution >= 4 is 33.6 Å². The average molecular weight is 541 g/mol. The third kappa shape index (κ3) is 6.42. The van der Waals surface area contributed by atoms with Crippen molar-refractivity contribution < 1.29 is 24.5 Å². The molecule has 2 aromatic heterocycles. The van der Waals surface area contributed by atoms with E-state index >= 15 is 0 Å². The van der Waals surface area contributed by atoms with Crippen molar-refractivity contribution in [2.24, 2.45) is 5.41 Å². The zero-order valence-electron chi connectivity index (χ0n) is 21.9. The largest absolute Gasteiger partial charge is 0.476 e. The summed E-state index contributed by atoms with van der Waals surface area (Å²) in [5, 5.41) is 26.2. The second kappa shape index (κ2) is 12.5. The topological polar surface area (TPSA) is 125 Å². The molecule has 1 unspecified atom stereocenters. The normalized spacial score (nSPS) is 16.7. The van der Waals surface area contributed by atoms with Gasteiger partial charge in [-0.2, -0.15) is 0 Å². The van der Waals surface area contributed by atoms with E-state index in [4.69, 9.17) is 4.74 Å². The lowest BCUT2D eigenvalue weighted by atomic mass is 9.68. The van der Waals surface area contributed by atoms with E-state index in [0.717, 1.165) is 41.5 Å². The van der Waals surface area contributed by atoms with E-state index in [2.05, 4.69) is 15.3 Å². The highest BCUT2D eigenvalue weighted by Gasteiger charge is 2.44. The summed E-state index contributed by atoms with van der Waals surface area (Å²) in [6.45, 7) is 4.32. The van der Waals surface area contributed by atoms with Gasteiger partial charge in [-0.3, -0.25) is 4.79 Å². The van der Waals surface area contributed by atoms with Crippen LogP contribution in [0.4, 0.5) is 4.79 Å². The van der Waals surface area contributed by atoms with Crippen molar-refractivity contribution in [2.75, 3.05) is 13.2 Å². The number of thiophene rings is 1. The Kier molecular flexibility index (Phi) is 9.17. The number of carbonyl (C=O) groups is 2. The molecular weight excluding hydrogens is 504 g/mol. The number of aromatic nitrogens is 2. The monoisotopic (exact) mass is 540 g/mol. The predicted molar refractivity (Wildman–Crippen MR) is 146 cm³/mol. The van der Waals surface area contributed by atoms with Crippen LogP contribution in [-0.4, -0.2) is 62.4 Å². The lowest BCUT2D eigenvalue weighted by molar-refractivity contribution is -0.134. The van der Waals surface area contributed by atoms with Crippen molar-refractivity contribution in [1.29, 1.82) is 0 Å². The van der Waals surface area contributed by atoms with Gasteiger partial charge in [0.05, 0.1) is 24.2 Å². The zero-order chi connectivity index (χ0) is 27.1. The molecule has 0 spiro atoms. The molecule has 0 saturated heterocycles. The summed E-state index contributed by atoms with van der Waals surface area (Å²) >= 11 is 1.50. The van der Waals surface area contributed by atoms with Crippen LogP contribution in [0.15, 0.2) is 48.1 Å². The maximum atomic E-state index is 13.1. The fourth-order valence-corrected chi connectivity index (χ4v) is 5.79. The number of aliphatic hydroxyl groups excluding tert-OH is 1. The summed E-state index contributed by atoms with van der Waals surface area (Å²) in [7, 11) is 0. The highest BCUT2D eigenvalue weighted by Crippen LogP contribution is 2.43. The van der Waals surface area contributed by atoms with Gasteiger partial charge in [-0.1, -0.05) is 56.5 Å². The van der Waals surface area contributed by atoms with Gasteiger partial charge < -0.3 is 25.2 Å². The molecule has 1 aromatic carbocycles. The highest BCUT2D eigenvalue weighted by atomic mass is 32.1. The quantitative estimate of drug-likeness (QED) is 0.278. The van der Waals surface area contributed by atoms with Gasteiger partial charge in [-0.05, 0) is 43.2 Å². The number of nitrogens with one attached hydrogen (secondary N) is 1. The number of amides is 2. The number of hydrogen-bond donors (Lipinski definition) is 3. The van der Waals surface area contributed by atoms with Crippen LogP contribution < -0.4 is 10.1 Å². The number of carbonyl (C=O) groups excluding carboxylic acids is 1. The van der Waals surface area contributed by atoms with Crippen LogP contribution in [-0.2, 0) is 4.79 Å². The van der Waals surface area contributed by atoms with Crippen LogP contribution >= 0.6 is 11.3 Å². The van der Waals surface area contributed by atoms with Gasteiger partial charge >= 0.3 is 6.09 Å². The molecule has 204 valence electrons. The molecule has 3 aromatic rings. The number of ether oxygens (including phenoxy) is 1. The Morgan fingerprint density at radius 2 is 1.97 bits per heavy atom. The third-order valence-electron chi connectivity index (χ3n) is 7.44. The predicted octanol–water partition coefficient (Wildman–Crippen LogP) is 5.02. The maximum absolute atomic E-state index is 13.1. The molecule has 0 bridgehead atoms. The second-order valence-electron chi connectivity index (χ2n) is 10.2. The first-order valence-electron chi connectivity index (χ1n) is 13.2. The summed E-state index contributed by atoms with van der Waals surface area (Å²) in [4.78, 5) is 35.4. The first-order chi connectivity index (χ1) is 18.3. The lowest BCUT2D eigenvalue weighted by Crippen LogP contribution is -2.57.